The predicted molar refractivity (Wildman–Crippen MR) is 71.8 cm³/mol. The molecule has 92 valence electrons. The summed E-state index contributed by atoms with van der Waals surface area (Å²) in [6.07, 6.45) is 0. The zero-order valence-electron chi connectivity index (χ0n) is 10.0. The highest BCUT2D eigenvalue weighted by Crippen LogP contribution is 2.15. The van der Waals surface area contributed by atoms with Gasteiger partial charge >= 0.3 is 0 Å². The number of hydrogen-bond acceptors (Lipinski definition) is 3. The first kappa shape index (κ1) is 12.0. The third-order valence-corrected chi connectivity index (χ3v) is 2.50. The van der Waals surface area contributed by atoms with Crippen LogP contribution in [0, 0.1) is 0 Å². The van der Waals surface area contributed by atoms with Crippen LogP contribution in [0.4, 0.5) is 11.4 Å². The lowest BCUT2D eigenvalue weighted by molar-refractivity contribution is 0.102. The van der Waals surface area contributed by atoms with Gasteiger partial charge in [0.15, 0.2) is 0 Å². The van der Waals surface area contributed by atoms with Gasteiger partial charge in [0.1, 0.15) is 5.75 Å². The van der Waals surface area contributed by atoms with Gasteiger partial charge in [0, 0.05) is 16.9 Å². The molecule has 2 rings (SSSR count). The van der Waals surface area contributed by atoms with Gasteiger partial charge in [-0.05, 0) is 42.5 Å². The minimum absolute atomic E-state index is 0.178. The lowest BCUT2D eigenvalue weighted by atomic mass is 10.2. The standard InChI is InChI=1S/C14H14N2O2/c1-18-13-7-5-10(6-8-13)14(17)16-12-4-2-3-11(15)9-12/h2-9H,15H2,1H3,(H,16,17). The van der Waals surface area contributed by atoms with E-state index in [0.717, 1.165) is 5.75 Å². The van der Waals surface area contributed by atoms with Crippen molar-refractivity contribution in [1.29, 1.82) is 0 Å². The molecule has 0 radical (unpaired) electrons. The normalized spacial score (nSPS) is 9.83. The summed E-state index contributed by atoms with van der Waals surface area (Å²) in [5.41, 5.74) is 7.50. The van der Waals surface area contributed by atoms with Crippen LogP contribution in [0.5, 0.6) is 5.75 Å². The summed E-state index contributed by atoms with van der Waals surface area (Å²) in [5.74, 6) is 0.541. The van der Waals surface area contributed by atoms with E-state index in [1.165, 1.54) is 0 Å². The molecular weight excluding hydrogens is 228 g/mol. The molecule has 4 nitrogen and oxygen atoms in total. The monoisotopic (exact) mass is 242 g/mol. The number of nitrogen functional groups attached to an aromatic ring is 1. The molecule has 0 bridgehead atoms. The fourth-order valence-corrected chi connectivity index (χ4v) is 1.56. The van der Waals surface area contributed by atoms with Crippen molar-refractivity contribution in [3.8, 4) is 5.75 Å². The number of methoxy groups -OCH3 is 1. The molecule has 0 aromatic heterocycles. The number of anilines is 2. The average Bonchev–Trinajstić information content (AvgIpc) is 2.39. The van der Waals surface area contributed by atoms with Crippen molar-refractivity contribution in [1.82, 2.24) is 0 Å². The van der Waals surface area contributed by atoms with E-state index in [1.807, 2.05) is 0 Å². The molecule has 0 aliphatic carbocycles. The number of nitrogens with two attached hydrogens (primary N) is 1. The SMILES string of the molecule is COc1ccc(C(=O)Nc2cccc(N)c2)cc1. The summed E-state index contributed by atoms with van der Waals surface area (Å²) in [6.45, 7) is 0. The Morgan fingerprint density at radius 3 is 2.50 bits per heavy atom. The molecule has 0 spiro atoms. The van der Waals surface area contributed by atoms with Gasteiger partial charge in [0.05, 0.1) is 7.11 Å². The van der Waals surface area contributed by atoms with Crippen LogP contribution < -0.4 is 15.8 Å². The molecule has 0 saturated heterocycles. The molecule has 0 saturated carbocycles. The maximum absolute atomic E-state index is 11.9. The molecule has 4 heteroatoms. The van der Waals surface area contributed by atoms with Crippen molar-refractivity contribution in [2.24, 2.45) is 0 Å². The highest BCUT2D eigenvalue weighted by Gasteiger charge is 2.06. The van der Waals surface area contributed by atoms with Gasteiger partial charge in [-0.2, -0.15) is 0 Å². The third kappa shape index (κ3) is 2.79. The second-order valence-corrected chi connectivity index (χ2v) is 3.81. The molecule has 2 aromatic carbocycles. The van der Waals surface area contributed by atoms with Gasteiger partial charge in [0.2, 0.25) is 0 Å². The van der Waals surface area contributed by atoms with Gasteiger partial charge in [-0.1, -0.05) is 6.07 Å². The number of nitrogens with one attached hydrogen (secondary N) is 1. The number of hydrogen-bond donors (Lipinski definition) is 2. The van der Waals surface area contributed by atoms with Crippen LogP contribution >= 0.6 is 0 Å². The second kappa shape index (κ2) is 5.23. The summed E-state index contributed by atoms with van der Waals surface area (Å²) in [5, 5.41) is 2.78. The molecule has 0 aliphatic heterocycles. The first-order valence-corrected chi connectivity index (χ1v) is 5.50. The molecule has 0 fully saturated rings. The van der Waals surface area contributed by atoms with Gasteiger partial charge in [-0.15, -0.1) is 0 Å². The minimum Gasteiger partial charge on any atom is -0.497 e. The Morgan fingerprint density at radius 1 is 1.17 bits per heavy atom. The van der Waals surface area contributed by atoms with Crippen molar-refractivity contribution in [2.45, 2.75) is 0 Å². The summed E-state index contributed by atoms with van der Waals surface area (Å²) in [4.78, 5) is 11.9. The first-order valence-electron chi connectivity index (χ1n) is 5.50. The van der Waals surface area contributed by atoms with Gasteiger partial charge < -0.3 is 15.8 Å². The highest BCUT2D eigenvalue weighted by molar-refractivity contribution is 6.04. The van der Waals surface area contributed by atoms with Gasteiger partial charge in [-0.25, -0.2) is 0 Å². The molecule has 3 N–H and O–H groups in total. The Morgan fingerprint density at radius 2 is 1.89 bits per heavy atom. The molecule has 0 aliphatic rings. The average molecular weight is 242 g/mol. The molecule has 2 aromatic rings. The Kier molecular flexibility index (Phi) is 3.48. The maximum atomic E-state index is 11.9. The molecule has 18 heavy (non-hydrogen) atoms. The molecule has 0 heterocycles. The van der Waals surface area contributed by atoms with Crippen molar-refractivity contribution in [2.75, 3.05) is 18.2 Å². The number of benzene rings is 2. The van der Waals surface area contributed by atoms with E-state index in [2.05, 4.69) is 5.32 Å². The summed E-state index contributed by atoms with van der Waals surface area (Å²) < 4.78 is 5.03. The molecular formula is C14H14N2O2. The summed E-state index contributed by atoms with van der Waals surface area (Å²) in [6, 6.07) is 14.0. The fourth-order valence-electron chi connectivity index (χ4n) is 1.56. The predicted octanol–water partition coefficient (Wildman–Crippen LogP) is 2.53. The van der Waals surface area contributed by atoms with E-state index in [9.17, 15) is 4.79 Å². The van der Waals surface area contributed by atoms with Crippen LogP contribution in [0.2, 0.25) is 0 Å². The first-order chi connectivity index (χ1) is 8.69. The van der Waals surface area contributed by atoms with Crippen LogP contribution in [0.3, 0.4) is 0 Å². The van der Waals surface area contributed by atoms with E-state index in [4.69, 9.17) is 10.5 Å². The Hall–Kier alpha value is -2.49. The van der Waals surface area contributed by atoms with Crippen molar-refractivity contribution < 1.29 is 9.53 Å². The van der Waals surface area contributed by atoms with Gasteiger partial charge in [0.25, 0.3) is 5.91 Å². The molecule has 1 amide bonds. The van der Waals surface area contributed by atoms with Crippen LogP contribution in [-0.2, 0) is 0 Å². The summed E-state index contributed by atoms with van der Waals surface area (Å²) >= 11 is 0. The van der Waals surface area contributed by atoms with Gasteiger partial charge in [-0.3, -0.25) is 4.79 Å². The number of carbonyl (C=O) groups excluding carboxylic acids is 1. The van der Waals surface area contributed by atoms with E-state index < -0.39 is 0 Å². The Bertz CT molecular complexity index is 550. The maximum Gasteiger partial charge on any atom is 0.255 e. The summed E-state index contributed by atoms with van der Waals surface area (Å²) in [7, 11) is 1.59. The highest BCUT2D eigenvalue weighted by atomic mass is 16.5. The molecule has 0 unspecified atom stereocenters. The van der Waals surface area contributed by atoms with E-state index in [0.29, 0.717) is 16.9 Å². The number of rotatable bonds is 3. The lowest BCUT2D eigenvalue weighted by Gasteiger charge is -2.06. The second-order valence-electron chi connectivity index (χ2n) is 3.81. The largest absolute Gasteiger partial charge is 0.497 e. The van der Waals surface area contributed by atoms with Crippen molar-refractivity contribution >= 4 is 17.3 Å². The lowest BCUT2D eigenvalue weighted by Crippen LogP contribution is -2.11. The van der Waals surface area contributed by atoms with Crippen LogP contribution in [0.15, 0.2) is 48.5 Å². The Balaban J connectivity index is 2.11. The van der Waals surface area contributed by atoms with Crippen molar-refractivity contribution in [3.63, 3.8) is 0 Å². The minimum atomic E-state index is -0.178. The van der Waals surface area contributed by atoms with Crippen LogP contribution in [0.1, 0.15) is 10.4 Å². The zero-order valence-corrected chi connectivity index (χ0v) is 10.0. The topological polar surface area (TPSA) is 64.3 Å². The van der Waals surface area contributed by atoms with E-state index in [-0.39, 0.29) is 5.91 Å². The van der Waals surface area contributed by atoms with E-state index in [1.54, 1.807) is 55.6 Å². The zero-order chi connectivity index (χ0) is 13.0. The van der Waals surface area contributed by atoms with Crippen molar-refractivity contribution in [3.05, 3.63) is 54.1 Å². The number of ether oxygens (including phenoxy) is 1. The smallest absolute Gasteiger partial charge is 0.255 e. The third-order valence-electron chi connectivity index (χ3n) is 2.50. The Labute approximate surface area is 105 Å². The number of amides is 1. The quantitative estimate of drug-likeness (QED) is 0.813. The van der Waals surface area contributed by atoms with E-state index >= 15 is 0 Å². The van der Waals surface area contributed by atoms with Crippen LogP contribution in [0.25, 0.3) is 0 Å². The fraction of sp³-hybridized carbons (Fsp3) is 0.0714. The number of carbonyl (C=O) groups is 1. The molecule has 0 atom stereocenters. The van der Waals surface area contributed by atoms with Crippen LogP contribution in [-0.4, -0.2) is 13.0 Å².